The maximum Gasteiger partial charge on any atom is 0.137 e. The van der Waals surface area contributed by atoms with E-state index in [1.165, 1.54) is 5.56 Å². The number of ether oxygens (including phenoxy) is 1. The molecule has 0 fully saturated rings. The molecule has 20 heavy (non-hydrogen) atoms. The van der Waals surface area contributed by atoms with Gasteiger partial charge in [-0.15, -0.1) is 0 Å². The zero-order valence-corrected chi connectivity index (χ0v) is 12.0. The highest BCUT2D eigenvalue weighted by Crippen LogP contribution is 2.24. The van der Waals surface area contributed by atoms with E-state index in [1.807, 2.05) is 18.3 Å². The Balaban J connectivity index is 2.26. The number of rotatable bonds is 6. The fourth-order valence-corrected chi connectivity index (χ4v) is 2.12. The monoisotopic (exact) mass is 271 g/mol. The molecule has 1 atom stereocenters. The van der Waals surface area contributed by atoms with Gasteiger partial charge < -0.3 is 10.5 Å². The number of hydrogen-bond donors (Lipinski definition) is 1. The van der Waals surface area contributed by atoms with Crippen molar-refractivity contribution >= 4 is 0 Å². The third-order valence-electron chi connectivity index (χ3n) is 3.22. The summed E-state index contributed by atoms with van der Waals surface area (Å²) in [5.74, 6) is 0.770. The molecule has 2 aromatic rings. The van der Waals surface area contributed by atoms with Gasteiger partial charge in [0, 0.05) is 18.6 Å². The molecular weight excluding hydrogens is 250 g/mol. The average Bonchev–Trinajstić information content (AvgIpc) is 2.52. The standard InChI is InChI=1S/C16H21N3O/c1-3-7-20-14-8-13(10-19-11-14)16(17)15-5-6-18-9-12(15)4-2/h5-6,8-11,16H,3-4,7,17H2,1-2H3. The van der Waals surface area contributed by atoms with E-state index in [2.05, 4.69) is 23.8 Å². The maximum atomic E-state index is 6.37. The quantitative estimate of drug-likeness (QED) is 0.877. The third kappa shape index (κ3) is 3.33. The molecule has 2 aromatic heterocycles. The summed E-state index contributed by atoms with van der Waals surface area (Å²) in [4.78, 5) is 8.37. The molecule has 1 unspecified atom stereocenters. The fourth-order valence-electron chi connectivity index (χ4n) is 2.12. The molecule has 0 bridgehead atoms. The first-order valence-electron chi connectivity index (χ1n) is 7.02. The van der Waals surface area contributed by atoms with Crippen LogP contribution in [0.5, 0.6) is 5.75 Å². The van der Waals surface area contributed by atoms with Crippen LogP contribution < -0.4 is 10.5 Å². The lowest BCUT2D eigenvalue weighted by Crippen LogP contribution is -2.14. The summed E-state index contributed by atoms with van der Waals surface area (Å²) in [6.07, 6.45) is 9.05. The number of pyridine rings is 2. The SMILES string of the molecule is CCCOc1cncc(C(N)c2ccncc2CC)c1. The van der Waals surface area contributed by atoms with Gasteiger partial charge in [-0.2, -0.15) is 0 Å². The molecule has 2 rings (SSSR count). The number of hydrogen-bond acceptors (Lipinski definition) is 4. The molecule has 4 heteroatoms. The molecule has 0 saturated carbocycles. The normalized spacial score (nSPS) is 12.2. The van der Waals surface area contributed by atoms with E-state index in [-0.39, 0.29) is 6.04 Å². The van der Waals surface area contributed by atoms with E-state index >= 15 is 0 Å². The Hall–Kier alpha value is -1.94. The zero-order valence-electron chi connectivity index (χ0n) is 12.0. The Bertz CT molecular complexity index is 557. The van der Waals surface area contributed by atoms with Crippen molar-refractivity contribution in [3.05, 3.63) is 53.6 Å². The highest BCUT2D eigenvalue weighted by Gasteiger charge is 2.13. The van der Waals surface area contributed by atoms with Gasteiger partial charge in [-0.05, 0) is 41.7 Å². The minimum absolute atomic E-state index is 0.203. The average molecular weight is 271 g/mol. The molecule has 0 saturated heterocycles. The van der Waals surface area contributed by atoms with Gasteiger partial charge in [-0.3, -0.25) is 9.97 Å². The first kappa shape index (κ1) is 14.5. The van der Waals surface area contributed by atoms with Crippen LogP contribution >= 0.6 is 0 Å². The number of aryl methyl sites for hydroxylation is 1. The van der Waals surface area contributed by atoms with Crippen molar-refractivity contribution in [3.8, 4) is 5.75 Å². The molecule has 0 amide bonds. The minimum Gasteiger partial charge on any atom is -0.492 e. The van der Waals surface area contributed by atoms with Gasteiger partial charge in [-0.1, -0.05) is 13.8 Å². The Morgan fingerprint density at radius 2 is 2.05 bits per heavy atom. The molecular formula is C16H21N3O. The summed E-state index contributed by atoms with van der Waals surface area (Å²) >= 11 is 0. The van der Waals surface area contributed by atoms with E-state index in [4.69, 9.17) is 10.5 Å². The van der Waals surface area contributed by atoms with Crippen LogP contribution in [0.2, 0.25) is 0 Å². The van der Waals surface area contributed by atoms with Crippen molar-refractivity contribution in [3.63, 3.8) is 0 Å². The lowest BCUT2D eigenvalue weighted by molar-refractivity contribution is 0.315. The summed E-state index contributed by atoms with van der Waals surface area (Å²) in [6, 6.07) is 3.74. The van der Waals surface area contributed by atoms with Crippen molar-refractivity contribution in [1.82, 2.24) is 9.97 Å². The smallest absolute Gasteiger partial charge is 0.137 e. The largest absolute Gasteiger partial charge is 0.492 e. The molecule has 106 valence electrons. The predicted octanol–water partition coefficient (Wildman–Crippen LogP) is 2.88. The summed E-state index contributed by atoms with van der Waals surface area (Å²) in [6.45, 7) is 4.87. The van der Waals surface area contributed by atoms with Gasteiger partial charge in [0.05, 0.1) is 18.8 Å². The number of nitrogens with two attached hydrogens (primary N) is 1. The molecule has 0 radical (unpaired) electrons. The first-order chi connectivity index (χ1) is 9.76. The Kier molecular flexibility index (Phi) is 5.07. The topological polar surface area (TPSA) is 61.0 Å². The molecule has 0 aromatic carbocycles. The van der Waals surface area contributed by atoms with Crippen LogP contribution in [0.3, 0.4) is 0 Å². The second kappa shape index (κ2) is 7.01. The van der Waals surface area contributed by atoms with Crippen LogP contribution in [-0.4, -0.2) is 16.6 Å². The maximum absolute atomic E-state index is 6.37. The van der Waals surface area contributed by atoms with Crippen LogP contribution in [0.15, 0.2) is 36.9 Å². The van der Waals surface area contributed by atoms with Crippen molar-refractivity contribution < 1.29 is 4.74 Å². The fraction of sp³-hybridized carbons (Fsp3) is 0.375. The van der Waals surface area contributed by atoms with Gasteiger partial charge in [0.15, 0.2) is 0 Å². The van der Waals surface area contributed by atoms with E-state index in [9.17, 15) is 0 Å². The first-order valence-corrected chi connectivity index (χ1v) is 7.02. The van der Waals surface area contributed by atoms with Gasteiger partial charge in [0.25, 0.3) is 0 Å². The predicted molar refractivity (Wildman–Crippen MR) is 79.7 cm³/mol. The van der Waals surface area contributed by atoms with Crippen molar-refractivity contribution in [2.75, 3.05) is 6.61 Å². The zero-order chi connectivity index (χ0) is 14.4. The second-order valence-electron chi connectivity index (χ2n) is 4.71. The molecule has 0 aliphatic carbocycles. The van der Waals surface area contributed by atoms with Gasteiger partial charge in [0.1, 0.15) is 5.75 Å². The lowest BCUT2D eigenvalue weighted by Gasteiger charge is -2.16. The van der Waals surface area contributed by atoms with Crippen molar-refractivity contribution in [2.24, 2.45) is 5.73 Å². The Morgan fingerprint density at radius 1 is 1.20 bits per heavy atom. The van der Waals surface area contributed by atoms with Gasteiger partial charge >= 0.3 is 0 Å². The van der Waals surface area contributed by atoms with Crippen molar-refractivity contribution in [1.29, 1.82) is 0 Å². The summed E-state index contributed by atoms with van der Waals surface area (Å²) in [7, 11) is 0. The second-order valence-corrected chi connectivity index (χ2v) is 4.71. The highest BCUT2D eigenvalue weighted by molar-refractivity contribution is 5.36. The van der Waals surface area contributed by atoms with Crippen LogP contribution in [-0.2, 0) is 6.42 Å². The van der Waals surface area contributed by atoms with Crippen LogP contribution in [0.25, 0.3) is 0 Å². The lowest BCUT2D eigenvalue weighted by atomic mass is 9.96. The Labute approximate surface area is 120 Å². The van der Waals surface area contributed by atoms with Crippen LogP contribution in [0.4, 0.5) is 0 Å². The molecule has 2 heterocycles. The van der Waals surface area contributed by atoms with E-state index < -0.39 is 0 Å². The molecule has 0 aliphatic heterocycles. The van der Waals surface area contributed by atoms with Crippen LogP contribution in [0, 0.1) is 0 Å². The minimum atomic E-state index is -0.203. The van der Waals surface area contributed by atoms with E-state index in [0.717, 1.165) is 29.7 Å². The molecule has 2 N–H and O–H groups in total. The van der Waals surface area contributed by atoms with Crippen LogP contribution in [0.1, 0.15) is 43.0 Å². The number of aromatic nitrogens is 2. The molecule has 4 nitrogen and oxygen atoms in total. The summed E-state index contributed by atoms with van der Waals surface area (Å²) in [5, 5.41) is 0. The summed E-state index contributed by atoms with van der Waals surface area (Å²) in [5.41, 5.74) is 9.59. The number of nitrogens with zero attached hydrogens (tertiary/aromatic N) is 2. The van der Waals surface area contributed by atoms with E-state index in [1.54, 1.807) is 18.6 Å². The highest BCUT2D eigenvalue weighted by atomic mass is 16.5. The van der Waals surface area contributed by atoms with Crippen molar-refractivity contribution in [2.45, 2.75) is 32.7 Å². The third-order valence-corrected chi connectivity index (χ3v) is 3.22. The van der Waals surface area contributed by atoms with E-state index in [0.29, 0.717) is 6.61 Å². The molecule has 0 spiro atoms. The van der Waals surface area contributed by atoms with Gasteiger partial charge in [0.2, 0.25) is 0 Å². The van der Waals surface area contributed by atoms with Gasteiger partial charge in [-0.25, -0.2) is 0 Å². The Morgan fingerprint density at radius 3 is 2.80 bits per heavy atom. The summed E-state index contributed by atoms with van der Waals surface area (Å²) < 4.78 is 5.61. The molecule has 0 aliphatic rings.